The summed E-state index contributed by atoms with van der Waals surface area (Å²) in [4.78, 5) is 12.1. The molecule has 0 aromatic rings. The van der Waals surface area contributed by atoms with E-state index in [1.54, 1.807) is 7.11 Å². The molecule has 0 fully saturated rings. The Bertz CT molecular complexity index is 401. The van der Waals surface area contributed by atoms with Crippen molar-refractivity contribution in [3.63, 3.8) is 0 Å². The van der Waals surface area contributed by atoms with Crippen LogP contribution in [0.5, 0.6) is 0 Å². The molecule has 0 aliphatic carbocycles. The molecule has 0 aromatic carbocycles. The molecule has 1 unspecified atom stereocenters. The molecule has 0 amide bonds. The summed E-state index contributed by atoms with van der Waals surface area (Å²) in [5.74, 6) is 0.234. The van der Waals surface area contributed by atoms with Crippen LogP contribution in [0.3, 0.4) is 0 Å². The number of hydrogen-bond acceptors (Lipinski definition) is 3. The Balaban J connectivity index is 3.44. The molecule has 3 nitrogen and oxygen atoms in total. The Morgan fingerprint density at radius 2 is 1.38 bits per heavy atom. The van der Waals surface area contributed by atoms with Gasteiger partial charge in [0.25, 0.3) is 0 Å². The van der Waals surface area contributed by atoms with Gasteiger partial charge in [-0.1, -0.05) is 70.4 Å². The highest BCUT2D eigenvalue weighted by Gasteiger charge is 2.18. The first kappa shape index (κ1) is 28.3. The molecule has 1 atom stereocenters. The third kappa shape index (κ3) is 19.1. The Hall–Kier alpha value is -0.670. The van der Waals surface area contributed by atoms with E-state index in [1.807, 2.05) is 20.8 Å². The largest absolute Gasteiger partial charge is 0.379 e. The number of ether oxygens (including phenoxy) is 2. The van der Waals surface area contributed by atoms with E-state index < -0.39 is 0 Å². The van der Waals surface area contributed by atoms with E-state index >= 15 is 0 Å². The van der Waals surface area contributed by atoms with Crippen molar-refractivity contribution >= 4 is 5.78 Å². The van der Waals surface area contributed by atoms with Crippen LogP contribution in [0.4, 0.5) is 0 Å². The van der Waals surface area contributed by atoms with Crippen molar-refractivity contribution in [2.75, 3.05) is 13.7 Å². The number of hydrogen-bond donors (Lipinski definition) is 0. The second-order valence-corrected chi connectivity index (χ2v) is 9.03. The topological polar surface area (TPSA) is 35.5 Å². The van der Waals surface area contributed by atoms with Crippen LogP contribution in [0, 0.1) is 0 Å². The van der Waals surface area contributed by atoms with Gasteiger partial charge in [0, 0.05) is 13.5 Å². The first-order valence-corrected chi connectivity index (χ1v) is 12.3. The number of Topliss-reactive ketones (excluding diaryl/α,β-unsaturated/α-hetero) is 1. The average Bonchev–Trinajstić information content (AvgIpc) is 2.70. The molecule has 0 saturated carbocycles. The summed E-state index contributed by atoms with van der Waals surface area (Å²) in [6.45, 7) is 8.79. The smallest absolute Gasteiger partial charge is 0.161 e. The molecule has 0 spiro atoms. The van der Waals surface area contributed by atoms with Gasteiger partial charge in [-0.05, 0) is 59.3 Å². The lowest BCUT2D eigenvalue weighted by atomic mass is 10.0. The molecule has 0 heterocycles. The Morgan fingerprint density at radius 1 is 0.862 bits per heavy atom. The molecule has 0 rings (SSSR count). The minimum atomic E-state index is -0.292. The average molecular weight is 411 g/mol. The van der Waals surface area contributed by atoms with Crippen molar-refractivity contribution in [3.05, 3.63) is 12.2 Å². The highest BCUT2D eigenvalue weighted by Crippen LogP contribution is 2.14. The van der Waals surface area contributed by atoms with Crippen molar-refractivity contribution in [2.24, 2.45) is 0 Å². The first-order chi connectivity index (χ1) is 13.9. The molecule has 0 bridgehead atoms. The van der Waals surface area contributed by atoms with Crippen molar-refractivity contribution in [1.29, 1.82) is 0 Å². The number of ketones is 1. The third-order valence-electron chi connectivity index (χ3n) is 5.76. The summed E-state index contributed by atoms with van der Waals surface area (Å²) in [5.41, 5.74) is -0.188. The van der Waals surface area contributed by atoms with Gasteiger partial charge >= 0.3 is 0 Å². The summed E-state index contributed by atoms with van der Waals surface area (Å²) < 4.78 is 11.1. The van der Waals surface area contributed by atoms with Crippen LogP contribution in [0.2, 0.25) is 0 Å². The lowest BCUT2D eigenvalue weighted by molar-refractivity contribution is -0.130. The Morgan fingerprint density at radius 3 is 1.93 bits per heavy atom. The van der Waals surface area contributed by atoms with Crippen LogP contribution in [0.15, 0.2) is 12.2 Å². The van der Waals surface area contributed by atoms with Crippen LogP contribution >= 0.6 is 0 Å². The quantitative estimate of drug-likeness (QED) is 0.143. The van der Waals surface area contributed by atoms with E-state index in [1.165, 1.54) is 70.6 Å². The zero-order chi connectivity index (χ0) is 21.8. The number of unbranched alkanes of at least 4 members (excludes halogenated alkanes) is 11. The maximum Gasteiger partial charge on any atom is 0.161 e. The molecule has 29 heavy (non-hydrogen) atoms. The second-order valence-electron chi connectivity index (χ2n) is 9.03. The minimum Gasteiger partial charge on any atom is -0.379 e. The number of rotatable bonds is 21. The lowest BCUT2D eigenvalue weighted by Gasteiger charge is -2.23. The maximum absolute atomic E-state index is 12.1. The molecule has 172 valence electrons. The summed E-state index contributed by atoms with van der Waals surface area (Å²) in [6.07, 6.45) is 22.5. The van der Waals surface area contributed by atoms with Crippen LogP contribution in [-0.2, 0) is 14.3 Å². The van der Waals surface area contributed by atoms with Crippen LogP contribution in [0.25, 0.3) is 0 Å². The molecule has 0 radical (unpaired) electrons. The molecular weight excluding hydrogens is 360 g/mol. The highest BCUT2D eigenvalue weighted by atomic mass is 16.5. The number of methoxy groups -OCH3 is 1. The fourth-order valence-corrected chi connectivity index (χ4v) is 3.25. The third-order valence-corrected chi connectivity index (χ3v) is 5.76. The van der Waals surface area contributed by atoms with Crippen molar-refractivity contribution < 1.29 is 14.3 Å². The fraction of sp³-hybridized carbons (Fsp3) is 0.885. The fourth-order valence-electron chi connectivity index (χ4n) is 3.25. The van der Waals surface area contributed by atoms with Gasteiger partial charge in [-0.3, -0.25) is 4.79 Å². The normalized spacial score (nSPS) is 13.3. The summed E-state index contributed by atoms with van der Waals surface area (Å²) in [7, 11) is 1.71. The van der Waals surface area contributed by atoms with Crippen molar-refractivity contribution in [2.45, 2.75) is 136 Å². The monoisotopic (exact) mass is 410 g/mol. The number of allylic oxidation sites excluding steroid dienone is 2. The number of carbonyl (C=O) groups excluding carboxylic acids is 1. The van der Waals surface area contributed by atoms with Gasteiger partial charge in [0.2, 0.25) is 0 Å². The van der Waals surface area contributed by atoms with Gasteiger partial charge in [-0.2, -0.15) is 0 Å². The van der Waals surface area contributed by atoms with Gasteiger partial charge in [-0.15, -0.1) is 0 Å². The van der Waals surface area contributed by atoms with E-state index in [0.29, 0.717) is 13.0 Å². The molecule has 0 aliphatic heterocycles. The first-order valence-electron chi connectivity index (χ1n) is 12.3. The molecule has 0 aliphatic rings. The van der Waals surface area contributed by atoms with Gasteiger partial charge in [0.1, 0.15) is 6.10 Å². The van der Waals surface area contributed by atoms with E-state index in [-0.39, 0.29) is 17.5 Å². The van der Waals surface area contributed by atoms with Gasteiger partial charge in [0.15, 0.2) is 5.78 Å². The van der Waals surface area contributed by atoms with E-state index in [2.05, 4.69) is 19.1 Å². The van der Waals surface area contributed by atoms with E-state index in [9.17, 15) is 4.79 Å². The van der Waals surface area contributed by atoms with E-state index in [4.69, 9.17) is 9.47 Å². The standard InChI is InChI=1S/C26H50O3/c1-6-7-8-9-10-11-12-13-14-15-16-17-18-19-20-21-25(27)24(2)29-23-22-26(3,4)28-5/h13-14,24H,6-12,15-23H2,1-5H3/b14-13-. The molecule has 0 N–H and O–H groups in total. The van der Waals surface area contributed by atoms with Gasteiger partial charge in [0.05, 0.1) is 12.2 Å². The molecule has 3 heteroatoms. The van der Waals surface area contributed by atoms with Crippen molar-refractivity contribution in [3.8, 4) is 0 Å². The summed E-state index contributed by atoms with van der Waals surface area (Å²) in [6, 6.07) is 0. The zero-order valence-electron chi connectivity index (χ0n) is 20.3. The summed E-state index contributed by atoms with van der Waals surface area (Å²) in [5, 5.41) is 0. The van der Waals surface area contributed by atoms with Gasteiger partial charge < -0.3 is 9.47 Å². The van der Waals surface area contributed by atoms with Gasteiger partial charge in [-0.25, -0.2) is 0 Å². The lowest BCUT2D eigenvalue weighted by Crippen LogP contribution is -2.27. The van der Waals surface area contributed by atoms with Crippen LogP contribution in [-0.4, -0.2) is 31.2 Å². The SMILES string of the molecule is CCCCCCCC/C=C\CCCCCCCC(=O)C(C)OCCC(C)(C)OC. The molecular formula is C26H50O3. The van der Waals surface area contributed by atoms with E-state index in [0.717, 1.165) is 19.3 Å². The van der Waals surface area contributed by atoms with Crippen LogP contribution in [0.1, 0.15) is 124 Å². The summed E-state index contributed by atoms with van der Waals surface area (Å²) >= 11 is 0. The predicted molar refractivity (Wildman–Crippen MR) is 126 cm³/mol. The predicted octanol–water partition coefficient (Wildman–Crippen LogP) is 7.81. The van der Waals surface area contributed by atoms with Crippen molar-refractivity contribution in [1.82, 2.24) is 0 Å². The second kappa shape index (κ2) is 19.3. The highest BCUT2D eigenvalue weighted by molar-refractivity contribution is 5.82. The Kier molecular flexibility index (Phi) is 18.9. The molecule has 0 aromatic heterocycles. The zero-order valence-corrected chi connectivity index (χ0v) is 20.3. The maximum atomic E-state index is 12.1. The number of carbonyl (C=O) groups is 1. The minimum absolute atomic E-state index is 0.188. The molecule has 0 saturated heterocycles. The van der Waals surface area contributed by atoms with Crippen LogP contribution < -0.4 is 0 Å². The Labute approximate surface area is 182 Å².